The standard InChI is InChI=1S/C21H20ClF2NO2.C20H18ClF2NO2/c1-4-25-20(19-17(23)6-5-7-18(19)24)15(10-12(2)21(25)26)14-11-13(27-3)8-9-16(14)22;1-3-24-18(25)10-8-13(14-11-12(26-2)7-9-15(14)21)20(24)19-16(22)5-4-6-17(19)23/h5-9,11-12H,4,10H2,1-3H3;4-7,9,11H,3,8,10H2,1-2H3. The van der Waals surface area contributed by atoms with E-state index in [4.69, 9.17) is 32.7 Å². The fraction of sp³-hybridized carbons (Fsp3) is 0.268. The molecule has 0 radical (unpaired) electrons. The van der Waals surface area contributed by atoms with Crippen molar-refractivity contribution in [2.24, 2.45) is 5.92 Å². The van der Waals surface area contributed by atoms with Crippen LogP contribution in [0.15, 0.2) is 72.8 Å². The van der Waals surface area contributed by atoms with E-state index in [1.165, 1.54) is 60.4 Å². The number of amides is 2. The van der Waals surface area contributed by atoms with Gasteiger partial charge in [-0.05, 0) is 98.5 Å². The van der Waals surface area contributed by atoms with Crippen LogP contribution in [0.5, 0.6) is 11.5 Å². The number of ether oxygens (including phenoxy) is 2. The second-order valence-electron chi connectivity index (χ2n) is 12.4. The van der Waals surface area contributed by atoms with Crippen LogP contribution in [0.4, 0.5) is 17.6 Å². The quantitative estimate of drug-likeness (QED) is 0.168. The molecule has 53 heavy (non-hydrogen) atoms. The lowest BCUT2D eigenvalue weighted by Crippen LogP contribution is -2.38. The number of carbonyl (C=O) groups is 2. The number of benzene rings is 4. The van der Waals surface area contributed by atoms with E-state index in [-0.39, 0.29) is 53.2 Å². The van der Waals surface area contributed by atoms with Crippen molar-refractivity contribution in [1.82, 2.24) is 9.80 Å². The predicted molar refractivity (Wildman–Crippen MR) is 200 cm³/mol. The van der Waals surface area contributed by atoms with Gasteiger partial charge in [-0.2, -0.15) is 0 Å². The maximum Gasteiger partial charge on any atom is 0.230 e. The minimum Gasteiger partial charge on any atom is -0.497 e. The van der Waals surface area contributed by atoms with E-state index in [0.717, 1.165) is 0 Å². The topological polar surface area (TPSA) is 59.1 Å². The van der Waals surface area contributed by atoms with Crippen LogP contribution < -0.4 is 9.47 Å². The van der Waals surface area contributed by atoms with Crippen LogP contribution in [-0.4, -0.2) is 48.9 Å². The molecule has 278 valence electrons. The third-order valence-corrected chi connectivity index (χ3v) is 9.89. The Labute approximate surface area is 316 Å². The van der Waals surface area contributed by atoms with E-state index >= 15 is 0 Å². The summed E-state index contributed by atoms with van der Waals surface area (Å²) in [6.45, 7) is 5.93. The highest BCUT2D eigenvalue weighted by atomic mass is 35.5. The Morgan fingerprint density at radius 2 is 1.09 bits per heavy atom. The predicted octanol–water partition coefficient (Wildman–Crippen LogP) is 10.5. The van der Waals surface area contributed by atoms with Gasteiger partial charge in [0.05, 0.1) is 36.7 Å². The van der Waals surface area contributed by atoms with Crippen molar-refractivity contribution < 1.29 is 36.6 Å². The van der Waals surface area contributed by atoms with E-state index in [2.05, 4.69) is 0 Å². The van der Waals surface area contributed by atoms with Gasteiger partial charge in [-0.1, -0.05) is 42.3 Å². The number of halogens is 6. The Bertz CT molecular complexity index is 2080. The molecular formula is C41H38Cl2F4N2O4. The molecule has 0 bridgehead atoms. The van der Waals surface area contributed by atoms with Gasteiger partial charge < -0.3 is 19.3 Å². The van der Waals surface area contributed by atoms with Gasteiger partial charge in [0.2, 0.25) is 11.8 Å². The molecule has 1 atom stereocenters. The largest absolute Gasteiger partial charge is 0.497 e. The van der Waals surface area contributed by atoms with Gasteiger partial charge in [-0.25, -0.2) is 17.6 Å². The zero-order chi connectivity index (χ0) is 38.6. The van der Waals surface area contributed by atoms with Gasteiger partial charge in [0.25, 0.3) is 0 Å². The van der Waals surface area contributed by atoms with E-state index < -0.39 is 23.3 Å². The summed E-state index contributed by atoms with van der Waals surface area (Å²) in [5.74, 6) is -2.40. The molecule has 0 saturated heterocycles. The molecule has 2 aliphatic rings. The molecule has 0 aromatic heterocycles. The molecular weight excluding hydrogens is 731 g/mol. The first-order valence-corrected chi connectivity index (χ1v) is 17.8. The van der Waals surface area contributed by atoms with Gasteiger partial charge in [0.1, 0.15) is 34.8 Å². The first-order chi connectivity index (χ1) is 25.4. The molecule has 0 fully saturated rings. The number of carbonyl (C=O) groups excluding carboxylic acids is 2. The average Bonchev–Trinajstić information content (AvgIpc) is 3.14. The molecule has 0 saturated carbocycles. The first kappa shape index (κ1) is 39.4. The summed E-state index contributed by atoms with van der Waals surface area (Å²) in [5.41, 5.74) is 2.49. The van der Waals surface area contributed by atoms with Crippen molar-refractivity contribution in [1.29, 1.82) is 0 Å². The van der Waals surface area contributed by atoms with E-state index in [1.54, 1.807) is 57.2 Å². The van der Waals surface area contributed by atoms with Crippen LogP contribution in [0.1, 0.15) is 62.3 Å². The summed E-state index contributed by atoms with van der Waals surface area (Å²) in [6, 6.07) is 17.6. The smallest absolute Gasteiger partial charge is 0.230 e. The van der Waals surface area contributed by atoms with Crippen molar-refractivity contribution in [2.75, 3.05) is 27.3 Å². The lowest BCUT2D eigenvalue weighted by Gasteiger charge is -2.35. The van der Waals surface area contributed by atoms with Gasteiger partial charge in [0, 0.05) is 46.6 Å². The highest BCUT2D eigenvalue weighted by molar-refractivity contribution is 6.33. The molecule has 4 aromatic carbocycles. The average molecular weight is 770 g/mol. The molecule has 2 amide bonds. The monoisotopic (exact) mass is 768 g/mol. The lowest BCUT2D eigenvalue weighted by atomic mass is 9.86. The number of allylic oxidation sites excluding steroid dienone is 2. The van der Waals surface area contributed by atoms with Crippen LogP contribution in [0.25, 0.3) is 22.5 Å². The summed E-state index contributed by atoms with van der Waals surface area (Å²) < 4.78 is 68.9. The fourth-order valence-electron chi connectivity index (χ4n) is 6.70. The summed E-state index contributed by atoms with van der Waals surface area (Å²) >= 11 is 12.8. The molecule has 4 aromatic rings. The molecule has 2 heterocycles. The van der Waals surface area contributed by atoms with Crippen molar-refractivity contribution >= 4 is 57.6 Å². The van der Waals surface area contributed by atoms with E-state index in [9.17, 15) is 27.2 Å². The molecule has 0 aliphatic carbocycles. The lowest BCUT2D eigenvalue weighted by molar-refractivity contribution is -0.132. The minimum atomic E-state index is -0.720. The third kappa shape index (κ3) is 7.94. The van der Waals surface area contributed by atoms with E-state index in [1.807, 2.05) is 0 Å². The molecule has 2 aliphatic heterocycles. The zero-order valence-electron chi connectivity index (χ0n) is 29.8. The number of rotatable bonds is 8. The first-order valence-electron chi connectivity index (χ1n) is 17.0. The van der Waals surface area contributed by atoms with Crippen molar-refractivity contribution in [3.63, 3.8) is 0 Å². The highest BCUT2D eigenvalue weighted by Gasteiger charge is 2.36. The summed E-state index contributed by atoms with van der Waals surface area (Å²) in [5, 5.41) is 0.859. The van der Waals surface area contributed by atoms with Crippen LogP contribution in [0, 0.1) is 29.2 Å². The Hall–Kier alpha value is -4.80. The molecule has 6 nitrogen and oxygen atoms in total. The SMILES string of the molecule is CCN1C(=O)C(C)CC(c2cc(OC)ccc2Cl)=C1c1c(F)cccc1F.CCN1C(=O)CCC(c2cc(OC)ccc2Cl)=C1c1c(F)cccc1F. The van der Waals surface area contributed by atoms with Crippen LogP contribution in [0.2, 0.25) is 10.0 Å². The van der Waals surface area contributed by atoms with Crippen LogP contribution >= 0.6 is 23.2 Å². The van der Waals surface area contributed by atoms with Gasteiger partial charge in [-0.15, -0.1) is 0 Å². The van der Waals surface area contributed by atoms with Crippen molar-refractivity contribution in [3.05, 3.63) is 128 Å². The second kappa shape index (κ2) is 16.9. The number of hydrogen-bond acceptors (Lipinski definition) is 4. The normalized spacial score (nSPS) is 16.2. The fourth-order valence-corrected chi connectivity index (χ4v) is 7.16. The second-order valence-corrected chi connectivity index (χ2v) is 13.2. The van der Waals surface area contributed by atoms with E-state index in [0.29, 0.717) is 63.2 Å². The zero-order valence-corrected chi connectivity index (χ0v) is 31.3. The summed E-state index contributed by atoms with van der Waals surface area (Å²) in [4.78, 5) is 28.0. The molecule has 12 heteroatoms. The maximum atomic E-state index is 14.6. The molecule has 6 rings (SSSR count). The highest BCUT2D eigenvalue weighted by Crippen LogP contribution is 2.44. The number of hydrogen-bond donors (Lipinski definition) is 0. The Morgan fingerprint density at radius 1 is 0.660 bits per heavy atom. The summed E-state index contributed by atoms with van der Waals surface area (Å²) in [6.07, 6.45) is 0.910. The number of nitrogens with zero attached hydrogens (tertiary/aromatic N) is 2. The van der Waals surface area contributed by atoms with Gasteiger partial charge >= 0.3 is 0 Å². The minimum absolute atomic E-state index is 0.169. The number of methoxy groups -OCH3 is 2. The van der Waals surface area contributed by atoms with Crippen molar-refractivity contribution in [3.8, 4) is 11.5 Å². The van der Waals surface area contributed by atoms with Crippen molar-refractivity contribution in [2.45, 2.75) is 40.0 Å². The van der Waals surface area contributed by atoms with Gasteiger partial charge in [0.15, 0.2) is 0 Å². The molecule has 0 spiro atoms. The molecule has 0 N–H and O–H groups in total. The van der Waals surface area contributed by atoms with Gasteiger partial charge in [-0.3, -0.25) is 9.59 Å². The Balaban J connectivity index is 0.000000204. The maximum absolute atomic E-state index is 14.6. The molecule has 1 unspecified atom stereocenters. The Morgan fingerprint density at radius 3 is 1.53 bits per heavy atom. The van der Waals surface area contributed by atoms with Crippen LogP contribution in [0.3, 0.4) is 0 Å². The summed E-state index contributed by atoms with van der Waals surface area (Å²) in [7, 11) is 3.06. The van der Waals surface area contributed by atoms with Crippen LogP contribution in [-0.2, 0) is 9.59 Å². The third-order valence-electron chi connectivity index (χ3n) is 9.23. The Kier molecular flexibility index (Phi) is 12.6.